The van der Waals surface area contributed by atoms with Gasteiger partial charge in [0.15, 0.2) is 0 Å². The van der Waals surface area contributed by atoms with E-state index in [-0.39, 0.29) is 0 Å². The van der Waals surface area contributed by atoms with E-state index < -0.39 is 0 Å². The van der Waals surface area contributed by atoms with E-state index in [9.17, 15) is 0 Å². The van der Waals surface area contributed by atoms with Crippen LogP contribution in [0, 0.1) is 23.2 Å². The minimum atomic E-state index is 0.630. The van der Waals surface area contributed by atoms with E-state index >= 15 is 0 Å². The molecule has 0 atom stereocenters. The van der Waals surface area contributed by atoms with Gasteiger partial charge in [-0.3, -0.25) is 0 Å². The molecule has 0 radical (unpaired) electrons. The molecule has 0 unspecified atom stereocenters. The Morgan fingerprint density at radius 3 is 2.08 bits per heavy atom. The minimum absolute atomic E-state index is 0.630. The third kappa shape index (κ3) is 1.41. The predicted molar refractivity (Wildman–Crippen MR) is 53.0 cm³/mol. The van der Waals surface area contributed by atoms with Gasteiger partial charge in [-0.15, -0.1) is 0 Å². The summed E-state index contributed by atoms with van der Waals surface area (Å²) in [7, 11) is 0. The molecule has 0 aromatic rings. The monoisotopic (exact) mass is 166 g/mol. The van der Waals surface area contributed by atoms with Crippen LogP contribution < -0.4 is 0 Å². The van der Waals surface area contributed by atoms with Gasteiger partial charge in [-0.2, -0.15) is 0 Å². The average Bonchev–Trinajstić information content (AvgIpc) is 2.67. The Morgan fingerprint density at radius 2 is 1.67 bits per heavy atom. The fourth-order valence-corrected chi connectivity index (χ4v) is 2.54. The molecule has 0 heteroatoms. The van der Waals surface area contributed by atoms with E-state index in [2.05, 4.69) is 20.8 Å². The van der Waals surface area contributed by atoms with E-state index in [0.29, 0.717) is 5.41 Å². The smallest absolute Gasteiger partial charge is 0.0328 e. The first-order valence-corrected chi connectivity index (χ1v) is 5.63. The quantitative estimate of drug-likeness (QED) is 0.597. The molecule has 2 aliphatic rings. The molecule has 70 valence electrons. The number of hydrogen-bond acceptors (Lipinski definition) is 0. The molecular weight excluding hydrogens is 144 g/mol. The van der Waals surface area contributed by atoms with Gasteiger partial charge >= 0.3 is 0 Å². The summed E-state index contributed by atoms with van der Waals surface area (Å²) < 4.78 is 0. The largest absolute Gasteiger partial charge is 0.0649 e. The highest BCUT2D eigenvalue weighted by atomic mass is 14.5. The third-order valence-corrected chi connectivity index (χ3v) is 4.48. The maximum absolute atomic E-state index is 2.45. The molecule has 2 rings (SSSR count). The van der Waals surface area contributed by atoms with Crippen molar-refractivity contribution in [3.8, 4) is 0 Å². The fraction of sp³-hybridized carbons (Fsp3) is 1.00. The Bertz CT molecular complexity index is 159. The van der Waals surface area contributed by atoms with E-state index in [1.54, 1.807) is 25.7 Å². The van der Waals surface area contributed by atoms with Crippen molar-refractivity contribution in [2.24, 2.45) is 23.2 Å². The van der Waals surface area contributed by atoms with Gasteiger partial charge in [-0.05, 0) is 48.9 Å². The van der Waals surface area contributed by atoms with Gasteiger partial charge < -0.3 is 0 Å². The van der Waals surface area contributed by atoms with Crippen molar-refractivity contribution in [2.45, 2.75) is 52.9 Å². The Hall–Kier alpha value is 0. The highest BCUT2D eigenvalue weighted by Gasteiger charge is 2.44. The molecule has 0 aromatic carbocycles. The van der Waals surface area contributed by atoms with Crippen molar-refractivity contribution in [1.82, 2.24) is 0 Å². The van der Waals surface area contributed by atoms with Crippen molar-refractivity contribution in [3.05, 3.63) is 0 Å². The Kier molecular flexibility index (Phi) is 1.97. The van der Waals surface area contributed by atoms with Gasteiger partial charge in [0.2, 0.25) is 0 Å². The summed E-state index contributed by atoms with van der Waals surface area (Å²) in [5.74, 6) is 3.35. The van der Waals surface area contributed by atoms with Crippen molar-refractivity contribution in [1.29, 1.82) is 0 Å². The van der Waals surface area contributed by atoms with E-state index in [0.717, 1.165) is 17.8 Å². The standard InChI is InChI=1S/C12H22/c1-4-12(2,3)11-7-10(8-11)9-5-6-9/h9-11H,4-8H2,1-3H3. The molecule has 12 heavy (non-hydrogen) atoms. The molecule has 2 fully saturated rings. The van der Waals surface area contributed by atoms with Crippen LogP contribution in [-0.4, -0.2) is 0 Å². The lowest BCUT2D eigenvalue weighted by Crippen LogP contribution is -2.36. The second-order valence-corrected chi connectivity index (χ2v) is 5.61. The van der Waals surface area contributed by atoms with Crippen molar-refractivity contribution in [2.75, 3.05) is 0 Å². The van der Waals surface area contributed by atoms with Gasteiger partial charge in [0, 0.05) is 0 Å². The number of rotatable bonds is 3. The average molecular weight is 166 g/mol. The van der Waals surface area contributed by atoms with Crippen LogP contribution in [0.1, 0.15) is 52.9 Å². The summed E-state index contributed by atoms with van der Waals surface area (Å²) in [5.41, 5.74) is 0.630. The highest BCUT2D eigenvalue weighted by Crippen LogP contribution is 2.55. The van der Waals surface area contributed by atoms with E-state index in [4.69, 9.17) is 0 Å². The summed E-state index contributed by atoms with van der Waals surface area (Å²) in [6.07, 6.45) is 7.54. The van der Waals surface area contributed by atoms with Crippen LogP contribution >= 0.6 is 0 Å². The van der Waals surface area contributed by atoms with Crippen LogP contribution in [0.4, 0.5) is 0 Å². The number of hydrogen-bond donors (Lipinski definition) is 0. The molecule has 2 saturated carbocycles. The van der Waals surface area contributed by atoms with Crippen molar-refractivity contribution < 1.29 is 0 Å². The van der Waals surface area contributed by atoms with Crippen molar-refractivity contribution in [3.63, 3.8) is 0 Å². The molecule has 0 spiro atoms. The third-order valence-electron chi connectivity index (χ3n) is 4.48. The molecular formula is C12H22. The summed E-state index contributed by atoms with van der Waals surface area (Å²) in [5, 5.41) is 0. The Labute approximate surface area is 76.7 Å². The first-order valence-electron chi connectivity index (χ1n) is 5.63. The van der Waals surface area contributed by atoms with E-state index in [1.165, 1.54) is 6.42 Å². The topological polar surface area (TPSA) is 0 Å². The van der Waals surface area contributed by atoms with Crippen LogP contribution in [0.2, 0.25) is 0 Å². The van der Waals surface area contributed by atoms with Gasteiger partial charge in [0.05, 0.1) is 0 Å². The molecule has 0 N–H and O–H groups in total. The summed E-state index contributed by atoms with van der Waals surface area (Å²) in [6, 6.07) is 0. The van der Waals surface area contributed by atoms with Crippen LogP contribution in [0.25, 0.3) is 0 Å². The zero-order chi connectivity index (χ0) is 8.77. The lowest BCUT2D eigenvalue weighted by molar-refractivity contribution is 0.0479. The fourth-order valence-electron chi connectivity index (χ4n) is 2.54. The van der Waals surface area contributed by atoms with Crippen LogP contribution in [-0.2, 0) is 0 Å². The maximum Gasteiger partial charge on any atom is -0.0328 e. The lowest BCUT2D eigenvalue weighted by atomic mass is 9.60. The zero-order valence-corrected chi connectivity index (χ0v) is 8.77. The van der Waals surface area contributed by atoms with Crippen LogP contribution in [0.5, 0.6) is 0 Å². The predicted octanol–water partition coefficient (Wildman–Crippen LogP) is 3.86. The molecule has 2 aliphatic carbocycles. The first-order chi connectivity index (χ1) is 5.63. The normalized spacial score (nSPS) is 36.2. The maximum atomic E-state index is 2.45. The summed E-state index contributed by atoms with van der Waals surface area (Å²) in [6.45, 7) is 7.23. The highest BCUT2D eigenvalue weighted by molar-refractivity contribution is 4.95. The summed E-state index contributed by atoms with van der Waals surface area (Å²) in [4.78, 5) is 0. The van der Waals surface area contributed by atoms with Gasteiger partial charge in [-0.25, -0.2) is 0 Å². The second-order valence-electron chi connectivity index (χ2n) is 5.61. The van der Waals surface area contributed by atoms with Gasteiger partial charge in [-0.1, -0.05) is 27.2 Å². The van der Waals surface area contributed by atoms with E-state index in [1.807, 2.05) is 0 Å². The SMILES string of the molecule is CCC(C)(C)C1CC(C2CC2)C1. The van der Waals surface area contributed by atoms with Crippen LogP contribution in [0.3, 0.4) is 0 Å². The Morgan fingerprint density at radius 1 is 1.08 bits per heavy atom. The second kappa shape index (κ2) is 2.75. The van der Waals surface area contributed by atoms with Gasteiger partial charge in [0.25, 0.3) is 0 Å². The lowest BCUT2D eigenvalue weighted by Gasteiger charge is -2.45. The summed E-state index contributed by atoms with van der Waals surface area (Å²) >= 11 is 0. The van der Waals surface area contributed by atoms with Crippen molar-refractivity contribution >= 4 is 0 Å². The molecule has 0 heterocycles. The minimum Gasteiger partial charge on any atom is -0.0649 e. The molecule has 0 aromatic heterocycles. The molecule has 0 nitrogen and oxygen atoms in total. The zero-order valence-electron chi connectivity index (χ0n) is 8.77. The molecule has 0 aliphatic heterocycles. The molecule has 0 bridgehead atoms. The van der Waals surface area contributed by atoms with Gasteiger partial charge in [0.1, 0.15) is 0 Å². The first kappa shape index (κ1) is 8.59. The van der Waals surface area contributed by atoms with Crippen LogP contribution in [0.15, 0.2) is 0 Å². The Balaban J connectivity index is 1.79. The molecule has 0 saturated heterocycles. The molecule has 0 amide bonds.